The van der Waals surface area contributed by atoms with Crippen molar-refractivity contribution < 1.29 is 0 Å². The standard InChI is InChI=1S/C51H32N4S/c1-4-13-33(14-5-1)34-27-29-39(30-28-34)55-45-22-11-10-19-41(45)42-31-32-44-43-21-12-20-40(47(43)56-48(44)46(42)55)35-23-25-38(26-24-35)51-53-49(36-15-6-2-7-16-36)52-50(54-51)37-17-8-3-9-18-37/h1-32H. The molecule has 56 heavy (non-hydrogen) atoms. The molecule has 8 aromatic carbocycles. The average Bonchev–Trinajstić information content (AvgIpc) is 3.84. The van der Waals surface area contributed by atoms with Crippen LogP contribution in [0.2, 0.25) is 0 Å². The van der Waals surface area contributed by atoms with Gasteiger partial charge < -0.3 is 4.57 Å². The quantitative estimate of drug-likeness (QED) is 0.171. The Labute approximate surface area is 327 Å². The number of hydrogen-bond acceptors (Lipinski definition) is 4. The number of nitrogens with zero attached hydrogens (tertiary/aromatic N) is 4. The molecule has 0 amide bonds. The molecule has 0 radical (unpaired) electrons. The van der Waals surface area contributed by atoms with Crippen LogP contribution in [0, 0.1) is 0 Å². The highest BCUT2D eigenvalue weighted by molar-refractivity contribution is 7.27. The van der Waals surface area contributed by atoms with E-state index in [1.807, 2.05) is 72.0 Å². The first-order chi connectivity index (χ1) is 27.8. The second-order valence-electron chi connectivity index (χ2n) is 14.0. The highest BCUT2D eigenvalue weighted by Gasteiger charge is 2.20. The van der Waals surface area contributed by atoms with Gasteiger partial charge in [-0.1, -0.05) is 176 Å². The molecule has 0 saturated heterocycles. The first-order valence-electron chi connectivity index (χ1n) is 18.8. The summed E-state index contributed by atoms with van der Waals surface area (Å²) in [6.45, 7) is 0. The maximum atomic E-state index is 4.96. The molecule has 0 bridgehead atoms. The second kappa shape index (κ2) is 13.3. The van der Waals surface area contributed by atoms with E-state index < -0.39 is 0 Å². The number of rotatable bonds is 6. The van der Waals surface area contributed by atoms with Crippen LogP contribution in [0.4, 0.5) is 0 Å². The molecule has 0 fully saturated rings. The molecule has 262 valence electrons. The summed E-state index contributed by atoms with van der Waals surface area (Å²) in [4.78, 5) is 14.8. The van der Waals surface area contributed by atoms with E-state index in [1.54, 1.807) is 0 Å². The van der Waals surface area contributed by atoms with Crippen molar-refractivity contribution in [3.05, 3.63) is 194 Å². The zero-order chi connectivity index (χ0) is 37.0. The van der Waals surface area contributed by atoms with Crippen LogP contribution in [-0.4, -0.2) is 19.5 Å². The molecule has 5 heteroatoms. The summed E-state index contributed by atoms with van der Waals surface area (Å²) in [6.07, 6.45) is 0. The van der Waals surface area contributed by atoms with E-state index in [1.165, 1.54) is 58.7 Å². The molecular weight excluding hydrogens is 701 g/mol. The van der Waals surface area contributed by atoms with Gasteiger partial charge in [-0.15, -0.1) is 11.3 Å². The topological polar surface area (TPSA) is 43.6 Å². The Balaban J connectivity index is 1.04. The van der Waals surface area contributed by atoms with Crippen molar-refractivity contribution in [3.63, 3.8) is 0 Å². The van der Waals surface area contributed by atoms with E-state index >= 15 is 0 Å². The number of para-hydroxylation sites is 1. The molecule has 11 aromatic rings. The van der Waals surface area contributed by atoms with Crippen LogP contribution in [-0.2, 0) is 0 Å². The van der Waals surface area contributed by atoms with Gasteiger partial charge >= 0.3 is 0 Å². The maximum Gasteiger partial charge on any atom is 0.164 e. The lowest BCUT2D eigenvalue weighted by Gasteiger charge is -2.10. The summed E-state index contributed by atoms with van der Waals surface area (Å²) in [7, 11) is 0. The summed E-state index contributed by atoms with van der Waals surface area (Å²) < 4.78 is 5.02. The summed E-state index contributed by atoms with van der Waals surface area (Å²) in [5.41, 5.74) is 11.3. The number of fused-ring (bicyclic) bond motifs is 7. The summed E-state index contributed by atoms with van der Waals surface area (Å²) in [5.74, 6) is 1.96. The number of aromatic nitrogens is 4. The van der Waals surface area contributed by atoms with Gasteiger partial charge in [0.2, 0.25) is 0 Å². The Bertz CT molecular complexity index is 3150. The van der Waals surface area contributed by atoms with Crippen molar-refractivity contribution >= 4 is 53.3 Å². The third kappa shape index (κ3) is 5.40. The fraction of sp³-hybridized carbons (Fsp3) is 0. The van der Waals surface area contributed by atoms with Gasteiger partial charge in [0.25, 0.3) is 0 Å². The highest BCUT2D eigenvalue weighted by Crippen LogP contribution is 2.46. The van der Waals surface area contributed by atoms with E-state index in [9.17, 15) is 0 Å². The third-order valence-electron chi connectivity index (χ3n) is 10.7. The molecule has 0 atom stereocenters. The minimum atomic E-state index is 0.649. The first kappa shape index (κ1) is 32.2. The Hall–Kier alpha value is -7.21. The Morgan fingerprint density at radius 2 is 0.786 bits per heavy atom. The predicted molar refractivity (Wildman–Crippen MR) is 234 cm³/mol. The Morgan fingerprint density at radius 3 is 1.43 bits per heavy atom. The van der Waals surface area contributed by atoms with Crippen LogP contribution in [0.1, 0.15) is 0 Å². The minimum Gasteiger partial charge on any atom is -0.308 e. The largest absolute Gasteiger partial charge is 0.308 e. The number of hydrogen-bond donors (Lipinski definition) is 0. The van der Waals surface area contributed by atoms with E-state index in [0.29, 0.717) is 17.5 Å². The van der Waals surface area contributed by atoms with Crippen molar-refractivity contribution in [3.8, 4) is 62.1 Å². The normalized spacial score (nSPS) is 11.6. The van der Waals surface area contributed by atoms with Gasteiger partial charge in [-0.3, -0.25) is 0 Å². The minimum absolute atomic E-state index is 0.649. The van der Waals surface area contributed by atoms with Gasteiger partial charge in [0.05, 0.1) is 15.7 Å². The summed E-state index contributed by atoms with van der Waals surface area (Å²) in [5, 5.41) is 5.06. The maximum absolute atomic E-state index is 4.96. The lowest BCUT2D eigenvalue weighted by molar-refractivity contribution is 1.07. The summed E-state index contributed by atoms with van der Waals surface area (Å²) >= 11 is 1.88. The molecule has 0 aliphatic carbocycles. The second-order valence-corrected chi connectivity index (χ2v) is 15.0. The van der Waals surface area contributed by atoms with E-state index in [0.717, 1.165) is 27.9 Å². The van der Waals surface area contributed by atoms with Crippen molar-refractivity contribution in [2.75, 3.05) is 0 Å². The first-order valence-corrected chi connectivity index (χ1v) is 19.6. The molecule has 0 N–H and O–H groups in total. The molecule has 0 saturated carbocycles. The van der Waals surface area contributed by atoms with Gasteiger partial charge in [-0.2, -0.15) is 0 Å². The smallest absolute Gasteiger partial charge is 0.164 e. The Morgan fingerprint density at radius 1 is 0.321 bits per heavy atom. The van der Waals surface area contributed by atoms with Gasteiger partial charge in [-0.05, 0) is 40.5 Å². The fourth-order valence-corrected chi connectivity index (χ4v) is 9.34. The van der Waals surface area contributed by atoms with E-state index in [2.05, 4.69) is 138 Å². The van der Waals surface area contributed by atoms with Crippen molar-refractivity contribution in [2.24, 2.45) is 0 Å². The lowest BCUT2D eigenvalue weighted by Crippen LogP contribution is -2.00. The van der Waals surface area contributed by atoms with Crippen molar-refractivity contribution in [1.29, 1.82) is 0 Å². The highest BCUT2D eigenvalue weighted by atomic mass is 32.1. The van der Waals surface area contributed by atoms with Crippen LogP contribution in [0.5, 0.6) is 0 Å². The van der Waals surface area contributed by atoms with Crippen molar-refractivity contribution in [1.82, 2.24) is 19.5 Å². The molecular formula is C51H32N4S. The molecule has 0 spiro atoms. The van der Waals surface area contributed by atoms with E-state index in [-0.39, 0.29) is 0 Å². The molecule has 0 aliphatic rings. The zero-order valence-electron chi connectivity index (χ0n) is 30.2. The molecule has 0 aliphatic heterocycles. The fourth-order valence-electron chi connectivity index (χ4n) is 7.97. The van der Waals surface area contributed by atoms with Crippen LogP contribution in [0.3, 0.4) is 0 Å². The van der Waals surface area contributed by atoms with Gasteiger partial charge in [0.1, 0.15) is 0 Å². The van der Waals surface area contributed by atoms with Crippen LogP contribution in [0.25, 0.3) is 104 Å². The number of thiophene rings is 1. The third-order valence-corrected chi connectivity index (χ3v) is 11.9. The molecule has 3 heterocycles. The Kier molecular flexibility index (Phi) is 7.64. The van der Waals surface area contributed by atoms with E-state index in [4.69, 9.17) is 15.0 Å². The van der Waals surface area contributed by atoms with Gasteiger partial charge in [0.15, 0.2) is 17.5 Å². The van der Waals surface area contributed by atoms with Crippen LogP contribution in [0.15, 0.2) is 194 Å². The van der Waals surface area contributed by atoms with Crippen molar-refractivity contribution in [2.45, 2.75) is 0 Å². The summed E-state index contributed by atoms with van der Waals surface area (Å²) in [6, 6.07) is 68.5. The van der Waals surface area contributed by atoms with Crippen LogP contribution < -0.4 is 0 Å². The van der Waals surface area contributed by atoms with Gasteiger partial charge in [-0.25, -0.2) is 15.0 Å². The molecule has 3 aromatic heterocycles. The van der Waals surface area contributed by atoms with Crippen LogP contribution >= 0.6 is 11.3 Å². The lowest BCUT2D eigenvalue weighted by atomic mass is 10.0. The number of benzene rings is 8. The molecule has 11 rings (SSSR count). The zero-order valence-corrected chi connectivity index (χ0v) is 31.0. The average molecular weight is 733 g/mol. The molecule has 4 nitrogen and oxygen atoms in total. The van der Waals surface area contributed by atoms with Gasteiger partial charge in [0, 0.05) is 48.6 Å². The SMILES string of the molecule is c1ccc(-c2ccc(-n3c4ccccc4c4ccc5c6cccc(-c7ccc(-c8nc(-c9ccccc9)nc(-c9ccccc9)n8)cc7)c6sc5c43)cc2)cc1. The monoisotopic (exact) mass is 732 g/mol. The predicted octanol–water partition coefficient (Wildman–Crippen LogP) is 13.7. The molecule has 0 unspecified atom stereocenters.